The van der Waals surface area contributed by atoms with Crippen molar-refractivity contribution in [2.45, 2.75) is 38.3 Å². The van der Waals surface area contributed by atoms with Crippen LogP contribution >= 0.6 is 12.4 Å². The fourth-order valence-electron chi connectivity index (χ4n) is 4.63. The number of piperidine rings is 2. The Hall–Kier alpha value is -2.41. The van der Waals surface area contributed by atoms with E-state index in [-0.39, 0.29) is 30.4 Å². The number of nitriles is 1. The first-order valence-electron chi connectivity index (χ1n) is 11.2. The molecule has 9 nitrogen and oxygen atoms in total. The van der Waals surface area contributed by atoms with Gasteiger partial charge in [0.1, 0.15) is 5.41 Å². The van der Waals surface area contributed by atoms with Crippen LogP contribution in [-0.4, -0.2) is 91.3 Å². The second-order valence-electron chi connectivity index (χ2n) is 8.51. The van der Waals surface area contributed by atoms with Crippen LogP contribution in [0.25, 0.3) is 0 Å². The summed E-state index contributed by atoms with van der Waals surface area (Å²) in [4.78, 5) is 35.3. The third-order valence-electron chi connectivity index (χ3n) is 6.63. The average molecular weight is 480 g/mol. The van der Waals surface area contributed by atoms with E-state index in [4.69, 9.17) is 9.47 Å². The number of aromatic nitrogens is 1. The number of halogens is 1. The van der Waals surface area contributed by atoms with Crippen molar-refractivity contribution in [2.24, 2.45) is 5.41 Å². The molecule has 0 N–H and O–H groups in total. The summed E-state index contributed by atoms with van der Waals surface area (Å²) >= 11 is 0. The Morgan fingerprint density at radius 2 is 1.82 bits per heavy atom. The van der Waals surface area contributed by atoms with E-state index in [9.17, 15) is 14.9 Å². The van der Waals surface area contributed by atoms with Crippen LogP contribution in [0, 0.1) is 16.7 Å². The van der Waals surface area contributed by atoms with Crippen LogP contribution in [0.5, 0.6) is 0 Å². The highest BCUT2D eigenvalue weighted by Gasteiger charge is 2.45. The summed E-state index contributed by atoms with van der Waals surface area (Å²) in [5.74, 6) is -0.0662. The molecule has 2 aliphatic heterocycles. The SMILES string of the molecule is COCCN(C(=O)OC)C1CCN(C(=O)C2(C#N)CCN(Cc3ccncc3)CC2)CC1.Cl. The van der Waals surface area contributed by atoms with Crippen LogP contribution in [0.2, 0.25) is 0 Å². The summed E-state index contributed by atoms with van der Waals surface area (Å²) in [5.41, 5.74) is 0.223. The molecule has 0 saturated carbocycles. The van der Waals surface area contributed by atoms with Crippen molar-refractivity contribution < 1.29 is 19.1 Å². The lowest BCUT2D eigenvalue weighted by molar-refractivity contribution is -0.143. The maximum Gasteiger partial charge on any atom is 0.409 e. The van der Waals surface area contributed by atoms with Gasteiger partial charge < -0.3 is 19.3 Å². The molecule has 2 aliphatic rings. The highest BCUT2D eigenvalue weighted by Crippen LogP contribution is 2.34. The van der Waals surface area contributed by atoms with Crippen LogP contribution in [0.1, 0.15) is 31.2 Å². The molecule has 0 spiro atoms. The van der Waals surface area contributed by atoms with Gasteiger partial charge in [-0.1, -0.05) is 0 Å². The number of ether oxygens (including phenoxy) is 2. The summed E-state index contributed by atoms with van der Waals surface area (Å²) in [6.45, 7) is 4.19. The van der Waals surface area contributed by atoms with E-state index in [2.05, 4.69) is 16.0 Å². The number of pyridine rings is 1. The van der Waals surface area contributed by atoms with Crippen LogP contribution in [0.4, 0.5) is 4.79 Å². The molecule has 33 heavy (non-hydrogen) atoms. The number of carbonyl (C=O) groups excluding carboxylic acids is 2. The molecular weight excluding hydrogens is 446 g/mol. The molecule has 2 amide bonds. The number of rotatable bonds is 7. The number of amides is 2. The van der Waals surface area contributed by atoms with E-state index in [1.165, 1.54) is 12.7 Å². The van der Waals surface area contributed by atoms with E-state index in [1.54, 1.807) is 24.4 Å². The average Bonchev–Trinajstić information content (AvgIpc) is 2.85. The third-order valence-corrected chi connectivity index (χ3v) is 6.63. The summed E-state index contributed by atoms with van der Waals surface area (Å²) in [7, 11) is 2.97. The van der Waals surface area contributed by atoms with Gasteiger partial charge in [0.15, 0.2) is 0 Å². The van der Waals surface area contributed by atoms with Gasteiger partial charge in [-0.15, -0.1) is 12.4 Å². The second-order valence-corrected chi connectivity index (χ2v) is 8.51. The number of hydrogen-bond acceptors (Lipinski definition) is 7. The molecule has 0 atom stereocenters. The lowest BCUT2D eigenvalue weighted by Crippen LogP contribution is -2.54. The molecule has 182 valence electrons. The van der Waals surface area contributed by atoms with Gasteiger partial charge in [-0.25, -0.2) is 4.79 Å². The number of hydrogen-bond donors (Lipinski definition) is 0. The molecule has 0 aromatic carbocycles. The largest absolute Gasteiger partial charge is 0.453 e. The first-order valence-corrected chi connectivity index (χ1v) is 11.2. The zero-order valence-electron chi connectivity index (χ0n) is 19.4. The minimum absolute atomic E-state index is 0. The van der Waals surface area contributed by atoms with E-state index in [0.29, 0.717) is 65.0 Å². The van der Waals surface area contributed by atoms with Gasteiger partial charge >= 0.3 is 6.09 Å². The van der Waals surface area contributed by atoms with Gasteiger partial charge in [0, 0.05) is 64.8 Å². The topological polar surface area (TPSA) is 99.0 Å². The lowest BCUT2D eigenvalue weighted by atomic mass is 9.78. The molecule has 10 heteroatoms. The van der Waals surface area contributed by atoms with Crippen molar-refractivity contribution in [1.29, 1.82) is 5.26 Å². The van der Waals surface area contributed by atoms with Crippen LogP contribution in [0.3, 0.4) is 0 Å². The van der Waals surface area contributed by atoms with E-state index >= 15 is 0 Å². The van der Waals surface area contributed by atoms with Crippen LogP contribution < -0.4 is 0 Å². The van der Waals surface area contributed by atoms with Crippen molar-refractivity contribution in [3.05, 3.63) is 30.1 Å². The van der Waals surface area contributed by atoms with Crippen molar-refractivity contribution in [3.63, 3.8) is 0 Å². The summed E-state index contributed by atoms with van der Waals surface area (Å²) in [6.07, 6.45) is 5.60. The van der Waals surface area contributed by atoms with Crippen molar-refractivity contribution in [1.82, 2.24) is 19.7 Å². The molecule has 1 aromatic heterocycles. The van der Waals surface area contributed by atoms with Crippen LogP contribution in [-0.2, 0) is 20.8 Å². The van der Waals surface area contributed by atoms with Gasteiger partial charge in [0.05, 0.1) is 19.8 Å². The molecule has 2 saturated heterocycles. The van der Waals surface area contributed by atoms with E-state index in [0.717, 1.165) is 6.54 Å². The molecule has 2 fully saturated rings. The van der Waals surface area contributed by atoms with Gasteiger partial charge in [-0.3, -0.25) is 14.7 Å². The number of nitrogens with zero attached hydrogens (tertiary/aromatic N) is 5. The Morgan fingerprint density at radius 3 is 2.36 bits per heavy atom. The van der Waals surface area contributed by atoms with Gasteiger partial charge in [-0.2, -0.15) is 5.26 Å². The fraction of sp³-hybridized carbons (Fsp3) is 0.652. The maximum atomic E-state index is 13.4. The molecular formula is C23H34ClN5O4. The first-order chi connectivity index (χ1) is 15.5. The highest BCUT2D eigenvalue weighted by molar-refractivity contribution is 5.86. The molecule has 0 aliphatic carbocycles. The van der Waals surface area contributed by atoms with E-state index < -0.39 is 5.41 Å². The number of carbonyl (C=O) groups is 2. The quantitative estimate of drug-likeness (QED) is 0.591. The third kappa shape index (κ3) is 6.56. The molecule has 0 bridgehead atoms. The molecule has 0 radical (unpaired) electrons. The smallest absolute Gasteiger partial charge is 0.409 e. The Balaban J connectivity index is 0.00000385. The Kier molecular flexibility index (Phi) is 10.4. The van der Waals surface area contributed by atoms with Crippen molar-refractivity contribution >= 4 is 24.4 Å². The Labute approximate surface area is 202 Å². The number of methoxy groups -OCH3 is 2. The number of likely N-dealkylation sites (tertiary alicyclic amines) is 2. The Bertz CT molecular complexity index is 803. The highest BCUT2D eigenvalue weighted by atomic mass is 35.5. The van der Waals surface area contributed by atoms with Gasteiger partial charge in [-0.05, 0) is 43.4 Å². The fourth-order valence-corrected chi connectivity index (χ4v) is 4.63. The van der Waals surface area contributed by atoms with E-state index in [1.807, 2.05) is 17.0 Å². The zero-order valence-corrected chi connectivity index (χ0v) is 20.3. The molecule has 0 unspecified atom stereocenters. The van der Waals surface area contributed by atoms with Gasteiger partial charge in [0.25, 0.3) is 0 Å². The normalized spacial score (nSPS) is 18.6. The van der Waals surface area contributed by atoms with Crippen molar-refractivity contribution in [2.75, 3.05) is 53.6 Å². The summed E-state index contributed by atoms with van der Waals surface area (Å²) < 4.78 is 10.0. The molecule has 3 rings (SSSR count). The predicted molar refractivity (Wildman–Crippen MR) is 125 cm³/mol. The monoisotopic (exact) mass is 479 g/mol. The second kappa shape index (κ2) is 12.7. The molecule has 1 aromatic rings. The Morgan fingerprint density at radius 1 is 1.18 bits per heavy atom. The first kappa shape index (κ1) is 26.8. The predicted octanol–water partition coefficient (Wildman–Crippen LogP) is 2.31. The van der Waals surface area contributed by atoms with Crippen LogP contribution in [0.15, 0.2) is 24.5 Å². The summed E-state index contributed by atoms with van der Waals surface area (Å²) in [6, 6.07) is 6.34. The molecule has 3 heterocycles. The van der Waals surface area contributed by atoms with Gasteiger partial charge in [0.2, 0.25) is 5.91 Å². The zero-order chi connectivity index (χ0) is 23.0. The summed E-state index contributed by atoms with van der Waals surface area (Å²) in [5, 5.41) is 9.95. The maximum absolute atomic E-state index is 13.4. The standard InChI is InChI=1S/C23H33N5O4.ClH/c1-31-16-15-28(22(30)32-2)20-5-11-27(12-6-20)21(29)23(18-24)7-13-26(14-8-23)17-19-3-9-25-10-4-19;/h3-4,9-10,20H,5-8,11-17H2,1-2H3;1H. The minimum Gasteiger partial charge on any atom is -0.453 e. The van der Waals surface area contributed by atoms with Crippen molar-refractivity contribution in [3.8, 4) is 6.07 Å². The lowest BCUT2D eigenvalue weighted by Gasteiger charge is -2.42. The minimum atomic E-state index is -0.959.